The van der Waals surface area contributed by atoms with Crippen molar-refractivity contribution in [1.82, 2.24) is 5.32 Å². The maximum atomic E-state index is 12.5. The molecular formula is C23H21N3O2S. The third kappa shape index (κ3) is 6.26. The molecule has 0 saturated heterocycles. The van der Waals surface area contributed by atoms with Crippen LogP contribution in [0.4, 0.5) is 11.4 Å². The highest BCUT2D eigenvalue weighted by atomic mass is 32.1. The Balaban J connectivity index is 1.58. The molecule has 0 fully saturated rings. The number of carbonyl (C=O) groups excluding carboxylic acids is 2. The molecule has 2 amide bonds. The van der Waals surface area contributed by atoms with Crippen molar-refractivity contribution in [2.45, 2.75) is 13.3 Å². The Hall–Kier alpha value is -3.51. The summed E-state index contributed by atoms with van der Waals surface area (Å²) in [5.74, 6) is -0.430. The molecule has 0 aliphatic rings. The zero-order valence-electron chi connectivity index (χ0n) is 15.9. The Morgan fingerprint density at radius 1 is 0.828 bits per heavy atom. The highest BCUT2D eigenvalue weighted by Gasteiger charge is 2.09. The van der Waals surface area contributed by atoms with Crippen LogP contribution >= 0.6 is 12.2 Å². The molecular weight excluding hydrogens is 382 g/mol. The van der Waals surface area contributed by atoms with Gasteiger partial charge in [-0.05, 0) is 60.6 Å². The van der Waals surface area contributed by atoms with E-state index in [-0.39, 0.29) is 23.3 Å². The van der Waals surface area contributed by atoms with Crippen molar-refractivity contribution in [2.24, 2.45) is 0 Å². The predicted molar refractivity (Wildman–Crippen MR) is 120 cm³/mol. The minimum absolute atomic E-state index is 0.183. The van der Waals surface area contributed by atoms with Crippen LogP contribution < -0.4 is 16.0 Å². The van der Waals surface area contributed by atoms with E-state index in [1.807, 2.05) is 61.5 Å². The van der Waals surface area contributed by atoms with E-state index >= 15 is 0 Å². The van der Waals surface area contributed by atoms with Crippen LogP contribution in [0, 0.1) is 6.92 Å². The van der Waals surface area contributed by atoms with Crippen LogP contribution in [0.3, 0.4) is 0 Å². The standard InChI is InChI=1S/C23H21N3O2S/c1-16-7-5-11-19(13-16)24-22(28)18-10-6-12-20(15-18)25-23(29)26-21(27)14-17-8-3-2-4-9-17/h2-13,15H,14H2,1H3,(H,24,28)(H2,25,26,27,29). The van der Waals surface area contributed by atoms with E-state index in [9.17, 15) is 9.59 Å². The molecule has 146 valence electrons. The molecule has 29 heavy (non-hydrogen) atoms. The van der Waals surface area contributed by atoms with E-state index in [1.54, 1.807) is 24.3 Å². The first-order chi connectivity index (χ1) is 14.0. The van der Waals surface area contributed by atoms with Gasteiger partial charge in [0, 0.05) is 16.9 Å². The fourth-order valence-electron chi connectivity index (χ4n) is 2.78. The summed E-state index contributed by atoms with van der Waals surface area (Å²) in [5.41, 5.74) is 3.80. The van der Waals surface area contributed by atoms with E-state index in [4.69, 9.17) is 12.2 Å². The Bertz CT molecular complexity index is 1040. The fraction of sp³-hybridized carbons (Fsp3) is 0.0870. The monoisotopic (exact) mass is 403 g/mol. The summed E-state index contributed by atoms with van der Waals surface area (Å²) < 4.78 is 0. The SMILES string of the molecule is Cc1cccc(NC(=O)c2cccc(NC(=S)NC(=O)Cc3ccccc3)c2)c1. The fourth-order valence-corrected chi connectivity index (χ4v) is 3.01. The van der Waals surface area contributed by atoms with Gasteiger partial charge in [-0.15, -0.1) is 0 Å². The number of amides is 2. The molecule has 0 aromatic heterocycles. The van der Waals surface area contributed by atoms with Gasteiger partial charge in [0.05, 0.1) is 6.42 Å². The molecule has 0 bridgehead atoms. The molecule has 5 nitrogen and oxygen atoms in total. The van der Waals surface area contributed by atoms with E-state index < -0.39 is 0 Å². The summed E-state index contributed by atoms with van der Waals surface area (Å²) in [7, 11) is 0. The van der Waals surface area contributed by atoms with Gasteiger partial charge in [0.2, 0.25) is 5.91 Å². The van der Waals surface area contributed by atoms with E-state index in [0.717, 1.165) is 16.8 Å². The molecule has 0 heterocycles. The van der Waals surface area contributed by atoms with E-state index in [0.29, 0.717) is 11.3 Å². The Labute approximate surface area is 175 Å². The number of aryl methyl sites for hydroxylation is 1. The largest absolute Gasteiger partial charge is 0.332 e. The lowest BCUT2D eigenvalue weighted by Crippen LogP contribution is -2.35. The average Bonchev–Trinajstić information content (AvgIpc) is 2.68. The topological polar surface area (TPSA) is 70.2 Å². The number of anilines is 2. The number of benzene rings is 3. The highest BCUT2D eigenvalue weighted by molar-refractivity contribution is 7.80. The van der Waals surface area contributed by atoms with Crippen molar-refractivity contribution < 1.29 is 9.59 Å². The molecule has 0 saturated carbocycles. The zero-order valence-corrected chi connectivity index (χ0v) is 16.8. The summed E-state index contributed by atoms with van der Waals surface area (Å²) >= 11 is 5.21. The van der Waals surface area contributed by atoms with Gasteiger partial charge in [-0.2, -0.15) is 0 Å². The number of rotatable bonds is 5. The first-order valence-electron chi connectivity index (χ1n) is 9.12. The van der Waals surface area contributed by atoms with Gasteiger partial charge < -0.3 is 16.0 Å². The van der Waals surface area contributed by atoms with E-state index in [2.05, 4.69) is 16.0 Å². The summed E-state index contributed by atoms with van der Waals surface area (Å²) in [5, 5.41) is 8.65. The average molecular weight is 404 g/mol. The second-order valence-corrected chi connectivity index (χ2v) is 6.98. The van der Waals surface area contributed by atoms with Crippen LogP contribution in [0.5, 0.6) is 0 Å². The number of hydrogen-bond donors (Lipinski definition) is 3. The van der Waals surface area contributed by atoms with Crippen LogP contribution in [-0.2, 0) is 11.2 Å². The van der Waals surface area contributed by atoms with Crippen molar-refractivity contribution in [3.8, 4) is 0 Å². The molecule has 3 N–H and O–H groups in total. The van der Waals surface area contributed by atoms with Gasteiger partial charge in [0.25, 0.3) is 5.91 Å². The van der Waals surface area contributed by atoms with Gasteiger partial charge in [-0.3, -0.25) is 9.59 Å². The second-order valence-electron chi connectivity index (χ2n) is 6.57. The maximum absolute atomic E-state index is 12.5. The van der Waals surface area contributed by atoms with Crippen LogP contribution in [0.15, 0.2) is 78.9 Å². The number of thiocarbonyl (C=S) groups is 1. The zero-order chi connectivity index (χ0) is 20.6. The van der Waals surface area contributed by atoms with Gasteiger partial charge in [0.15, 0.2) is 5.11 Å². The molecule has 6 heteroatoms. The normalized spacial score (nSPS) is 10.1. The number of carbonyl (C=O) groups is 2. The quantitative estimate of drug-likeness (QED) is 0.556. The smallest absolute Gasteiger partial charge is 0.255 e. The van der Waals surface area contributed by atoms with Crippen LogP contribution in [-0.4, -0.2) is 16.9 Å². The van der Waals surface area contributed by atoms with Crippen molar-refractivity contribution in [3.63, 3.8) is 0 Å². The van der Waals surface area contributed by atoms with Gasteiger partial charge in [-0.25, -0.2) is 0 Å². The third-order valence-corrected chi connectivity index (χ3v) is 4.32. The van der Waals surface area contributed by atoms with E-state index in [1.165, 1.54) is 0 Å². The summed E-state index contributed by atoms with van der Waals surface area (Å²) in [6.07, 6.45) is 0.238. The maximum Gasteiger partial charge on any atom is 0.255 e. The minimum Gasteiger partial charge on any atom is -0.332 e. The molecule has 0 aliphatic carbocycles. The molecule has 3 rings (SSSR count). The van der Waals surface area contributed by atoms with Crippen molar-refractivity contribution in [3.05, 3.63) is 95.6 Å². The summed E-state index contributed by atoms with van der Waals surface area (Å²) in [6, 6.07) is 23.9. The minimum atomic E-state index is -0.224. The van der Waals surface area contributed by atoms with Crippen molar-refractivity contribution >= 4 is 40.5 Å². The first kappa shape index (κ1) is 20.2. The van der Waals surface area contributed by atoms with Crippen molar-refractivity contribution in [2.75, 3.05) is 10.6 Å². The molecule has 0 radical (unpaired) electrons. The number of hydrogen-bond acceptors (Lipinski definition) is 3. The van der Waals surface area contributed by atoms with Gasteiger partial charge in [0.1, 0.15) is 0 Å². The molecule has 3 aromatic carbocycles. The molecule has 0 aliphatic heterocycles. The molecule has 0 atom stereocenters. The Kier molecular flexibility index (Phi) is 6.71. The second kappa shape index (κ2) is 9.61. The molecule has 3 aromatic rings. The summed E-state index contributed by atoms with van der Waals surface area (Å²) in [6.45, 7) is 1.97. The number of nitrogens with one attached hydrogen (secondary N) is 3. The Morgan fingerprint density at radius 2 is 1.52 bits per heavy atom. The van der Waals surface area contributed by atoms with Crippen LogP contribution in [0.25, 0.3) is 0 Å². The van der Waals surface area contributed by atoms with Crippen LogP contribution in [0.1, 0.15) is 21.5 Å². The summed E-state index contributed by atoms with van der Waals surface area (Å²) in [4.78, 5) is 24.6. The lowest BCUT2D eigenvalue weighted by atomic mass is 10.1. The predicted octanol–water partition coefficient (Wildman–Crippen LogP) is 4.30. The lowest BCUT2D eigenvalue weighted by molar-refractivity contribution is -0.119. The van der Waals surface area contributed by atoms with Crippen molar-refractivity contribution in [1.29, 1.82) is 0 Å². The van der Waals surface area contributed by atoms with Crippen LogP contribution in [0.2, 0.25) is 0 Å². The van der Waals surface area contributed by atoms with Gasteiger partial charge in [-0.1, -0.05) is 48.5 Å². The molecule has 0 spiro atoms. The Morgan fingerprint density at radius 3 is 2.24 bits per heavy atom. The highest BCUT2D eigenvalue weighted by Crippen LogP contribution is 2.15. The molecule has 0 unspecified atom stereocenters. The lowest BCUT2D eigenvalue weighted by Gasteiger charge is -2.11. The van der Waals surface area contributed by atoms with Gasteiger partial charge >= 0.3 is 0 Å². The third-order valence-electron chi connectivity index (χ3n) is 4.12. The first-order valence-corrected chi connectivity index (χ1v) is 9.53.